The van der Waals surface area contributed by atoms with Crippen LogP contribution in [0.2, 0.25) is 0 Å². The van der Waals surface area contributed by atoms with Crippen molar-refractivity contribution in [1.82, 2.24) is 24.3 Å². The summed E-state index contributed by atoms with van der Waals surface area (Å²) in [4.78, 5) is 24.7. The molecule has 1 fully saturated rings. The first kappa shape index (κ1) is 16.8. The molecule has 0 aliphatic carbocycles. The van der Waals surface area contributed by atoms with E-state index in [-0.39, 0.29) is 5.91 Å². The van der Waals surface area contributed by atoms with Crippen LogP contribution in [-0.4, -0.2) is 57.4 Å². The van der Waals surface area contributed by atoms with Gasteiger partial charge in [0.2, 0.25) is 5.91 Å². The summed E-state index contributed by atoms with van der Waals surface area (Å²) in [6, 6.07) is 8.49. The van der Waals surface area contributed by atoms with E-state index in [1.807, 2.05) is 31.1 Å². The molecule has 6 heteroatoms. The summed E-state index contributed by atoms with van der Waals surface area (Å²) in [5, 5.41) is 1.25. The minimum atomic E-state index is -0.579. The first-order valence-electron chi connectivity index (χ1n) is 9.08. The van der Waals surface area contributed by atoms with Crippen LogP contribution in [-0.2, 0) is 16.9 Å². The predicted octanol–water partition coefficient (Wildman–Crippen LogP) is 2.44. The van der Waals surface area contributed by atoms with Crippen molar-refractivity contribution in [2.45, 2.75) is 24.9 Å². The minimum Gasteiger partial charge on any atom is -0.361 e. The third kappa shape index (κ3) is 2.80. The highest BCUT2D eigenvalue weighted by atomic mass is 16.2. The van der Waals surface area contributed by atoms with Gasteiger partial charge < -0.3 is 14.5 Å². The highest BCUT2D eigenvalue weighted by Crippen LogP contribution is 2.32. The zero-order valence-electron chi connectivity index (χ0n) is 15.4. The summed E-state index contributed by atoms with van der Waals surface area (Å²) < 4.78 is 2.00. The first-order chi connectivity index (χ1) is 12.6. The molecule has 2 aromatic heterocycles. The number of carbonyl (C=O) groups is 1. The number of hydrogen-bond acceptors (Lipinski definition) is 3. The summed E-state index contributed by atoms with van der Waals surface area (Å²) in [6.45, 7) is 2.53. The summed E-state index contributed by atoms with van der Waals surface area (Å²) in [5.41, 5.74) is 1.87. The van der Waals surface area contributed by atoms with E-state index in [2.05, 4.69) is 39.1 Å². The van der Waals surface area contributed by atoms with Gasteiger partial charge in [-0.15, -0.1) is 0 Å². The minimum absolute atomic E-state index is 0.139. The lowest BCUT2D eigenvalue weighted by Crippen LogP contribution is -2.57. The maximum absolute atomic E-state index is 13.1. The van der Waals surface area contributed by atoms with Gasteiger partial charge in [-0.1, -0.05) is 12.1 Å². The van der Waals surface area contributed by atoms with E-state index < -0.39 is 5.54 Å². The van der Waals surface area contributed by atoms with Crippen molar-refractivity contribution in [3.63, 3.8) is 0 Å². The van der Waals surface area contributed by atoms with Crippen molar-refractivity contribution in [2.24, 2.45) is 0 Å². The summed E-state index contributed by atoms with van der Waals surface area (Å²) in [7, 11) is 3.67. The predicted molar refractivity (Wildman–Crippen MR) is 102 cm³/mol. The molecule has 1 aliphatic rings. The Morgan fingerprint density at radius 1 is 1.35 bits per heavy atom. The molecule has 0 saturated carbocycles. The third-order valence-electron chi connectivity index (χ3n) is 5.43. The Kier molecular flexibility index (Phi) is 4.28. The number of nitrogens with zero attached hydrogens (tertiary/aromatic N) is 4. The fourth-order valence-electron chi connectivity index (χ4n) is 4.21. The van der Waals surface area contributed by atoms with E-state index in [1.165, 1.54) is 10.9 Å². The average molecular weight is 351 g/mol. The molecule has 1 N–H and O–H groups in total. The Morgan fingerprint density at radius 2 is 2.23 bits per heavy atom. The van der Waals surface area contributed by atoms with E-state index >= 15 is 0 Å². The highest BCUT2D eigenvalue weighted by Gasteiger charge is 2.44. The summed E-state index contributed by atoms with van der Waals surface area (Å²) in [5.74, 6) is 0.139. The molecule has 26 heavy (non-hydrogen) atoms. The van der Waals surface area contributed by atoms with Crippen LogP contribution in [0, 0.1) is 0 Å². The number of aromatic nitrogens is 3. The van der Waals surface area contributed by atoms with E-state index in [1.54, 1.807) is 17.4 Å². The number of carbonyl (C=O) groups excluding carboxylic acids is 1. The zero-order valence-corrected chi connectivity index (χ0v) is 15.4. The molecule has 1 amide bonds. The van der Waals surface area contributed by atoms with E-state index in [4.69, 9.17) is 0 Å². The molecule has 3 aromatic rings. The number of benzene rings is 1. The molecular formula is C20H25N5O. The fourth-order valence-corrected chi connectivity index (χ4v) is 4.21. The second-order valence-electron chi connectivity index (χ2n) is 7.37. The van der Waals surface area contributed by atoms with Crippen molar-refractivity contribution in [1.29, 1.82) is 0 Å². The number of imidazole rings is 1. The van der Waals surface area contributed by atoms with Gasteiger partial charge in [0.1, 0.15) is 5.54 Å². The van der Waals surface area contributed by atoms with Gasteiger partial charge in [-0.2, -0.15) is 0 Å². The molecule has 136 valence electrons. The third-order valence-corrected chi connectivity index (χ3v) is 5.43. The number of piperidine rings is 1. The van der Waals surface area contributed by atoms with Crippen molar-refractivity contribution < 1.29 is 4.79 Å². The number of hydrogen-bond donors (Lipinski definition) is 1. The van der Waals surface area contributed by atoms with Gasteiger partial charge in [0, 0.05) is 56.7 Å². The molecule has 0 spiro atoms. The number of fused-ring (bicyclic) bond motifs is 1. The molecule has 3 heterocycles. The molecule has 1 aromatic carbocycles. The average Bonchev–Trinajstić information content (AvgIpc) is 3.33. The molecule has 1 aliphatic heterocycles. The van der Waals surface area contributed by atoms with Crippen LogP contribution in [0.15, 0.2) is 49.2 Å². The van der Waals surface area contributed by atoms with Gasteiger partial charge in [-0.25, -0.2) is 4.98 Å². The highest BCUT2D eigenvalue weighted by molar-refractivity contribution is 5.85. The van der Waals surface area contributed by atoms with Crippen molar-refractivity contribution in [2.75, 3.05) is 27.2 Å². The topological polar surface area (TPSA) is 57.2 Å². The number of likely N-dealkylation sites (tertiary alicyclic amines) is 1. The molecule has 6 nitrogen and oxygen atoms in total. The monoisotopic (exact) mass is 351 g/mol. The Balaban J connectivity index is 1.65. The van der Waals surface area contributed by atoms with Crippen LogP contribution in [0.5, 0.6) is 0 Å². The van der Waals surface area contributed by atoms with Gasteiger partial charge >= 0.3 is 0 Å². The Bertz CT molecular complexity index is 898. The number of rotatable bonds is 4. The number of amides is 1. The normalized spacial score (nSPS) is 21.2. The lowest BCUT2D eigenvalue weighted by atomic mass is 9.86. The number of H-pyrrole nitrogens is 1. The van der Waals surface area contributed by atoms with Crippen LogP contribution in [0.25, 0.3) is 10.9 Å². The maximum Gasteiger partial charge on any atom is 0.249 e. The Hall–Kier alpha value is -2.60. The molecule has 0 bridgehead atoms. The molecule has 4 rings (SSSR count). The second-order valence-corrected chi connectivity index (χ2v) is 7.37. The first-order valence-corrected chi connectivity index (χ1v) is 9.08. The Labute approximate surface area is 153 Å². The Morgan fingerprint density at radius 3 is 3.00 bits per heavy atom. The molecule has 1 saturated heterocycles. The van der Waals surface area contributed by atoms with Crippen molar-refractivity contribution in [3.8, 4) is 0 Å². The number of aromatic amines is 1. The fraction of sp³-hybridized carbons (Fsp3) is 0.400. The SMILES string of the molecule is CN(C)C(=O)C1(n2ccnc2)CCCN(Cc2cccc3[nH]ccc23)C1. The van der Waals surface area contributed by atoms with Crippen LogP contribution in [0.4, 0.5) is 0 Å². The van der Waals surface area contributed by atoms with Crippen LogP contribution >= 0.6 is 0 Å². The molecule has 0 radical (unpaired) electrons. The van der Waals surface area contributed by atoms with Gasteiger partial charge in [0.05, 0.1) is 6.33 Å². The van der Waals surface area contributed by atoms with Gasteiger partial charge in [-0.3, -0.25) is 9.69 Å². The van der Waals surface area contributed by atoms with Gasteiger partial charge in [0.15, 0.2) is 0 Å². The summed E-state index contributed by atoms with van der Waals surface area (Å²) in [6.07, 6.45) is 9.25. The van der Waals surface area contributed by atoms with Crippen LogP contribution in [0.3, 0.4) is 0 Å². The van der Waals surface area contributed by atoms with Crippen LogP contribution in [0.1, 0.15) is 18.4 Å². The number of likely N-dealkylation sites (N-methyl/N-ethyl adjacent to an activating group) is 1. The molecule has 1 unspecified atom stereocenters. The van der Waals surface area contributed by atoms with E-state index in [0.717, 1.165) is 31.4 Å². The van der Waals surface area contributed by atoms with Gasteiger partial charge in [-0.05, 0) is 37.1 Å². The van der Waals surface area contributed by atoms with E-state index in [0.29, 0.717) is 6.54 Å². The largest absolute Gasteiger partial charge is 0.361 e. The summed E-state index contributed by atoms with van der Waals surface area (Å²) >= 11 is 0. The number of nitrogens with one attached hydrogen (secondary N) is 1. The van der Waals surface area contributed by atoms with Crippen molar-refractivity contribution >= 4 is 16.8 Å². The van der Waals surface area contributed by atoms with Crippen LogP contribution < -0.4 is 0 Å². The molecular weight excluding hydrogens is 326 g/mol. The van der Waals surface area contributed by atoms with Gasteiger partial charge in [0.25, 0.3) is 0 Å². The lowest BCUT2D eigenvalue weighted by Gasteiger charge is -2.43. The smallest absolute Gasteiger partial charge is 0.249 e. The maximum atomic E-state index is 13.1. The second kappa shape index (κ2) is 6.61. The molecule has 1 atom stereocenters. The quantitative estimate of drug-likeness (QED) is 0.785. The lowest BCUT2D eigenvalue weighted by molar-refractivity contribution is -0.141. The zero-order chi connectivity index (χ0) is 18.1. The van der Waals surface area contributed by atoms with Crippen molar-refractivity contribution in [3.05, 3.63) is 54.7 Å². The van der Waals surface area contributed by atoms with E-state index in [9.17, 15) is 4.79 Å². The standard InChI is InChI=1S/C20H25N5O/c1-23(2)19(26)20(25-12-10-21-15-25)8-4-11-24(14-20)13-16-5-3-6-18-17(16)7-9-22-18/h3,5-7,9-10,12,15,22H,4,8,11,13-14H2,1-2H3.